The van der Waals surface area contributed by atoms with Crippen molar-refractivity contribution in [3.05, 3.63) is 47.9 Å². The lowest BCUT2D eigenvalue weighted by molar-refractivity contribution is -0.136. The molecule has 0 radical (unpaired) electrons. The van der Waals surface area contributed by atoms with Crippen LogP contribution in [-0.2, 0) is 4.79 Å². The zero-order chi connectivity index (χ0) is 25.8. The molecule has 1 aromatic heterocycles. The predicted octanol–water partition coefficient (Wildman–Crippen LogP) is 4.15. The summed E-state index contributed by atoms with van der Waals surface area (Å²) in [5, 5.41) is 9.86. The number of halogens is 1. The number of hydrogen-bond acceptors (Lipinski definition) is 5. The Balaban J connectivity index is 1.65. The molecule has 1 fully saturated rings. The van der Waals surface area contributed by atoms with Crippen LogP contribution in [0.1, 0.15) is 56.3 Å². The van der Waals surface area contributed by atoms with Crippen LogP contribution in [0.2, 0.25) is 0 Å². The monoisotopic (exact) mass is 497 g/mol. The van der Waals surface area contributed by atoms with Crippen molar-refractivity contribution in [1.82, 2.24) is 14.8 Å². The van der Waals surface area contributed by atoms with Crippen molar-refractivity contribution >= 4 is 11.8 Å². The van der Waals surface area contributed by atoms with Crippen molar-refractivity contribution in [2.75, 3.05) is 26.7 Å². The molecule has 4 rings (SSSR count). The number of fused-ring (bicyclic) bond motifs is 1. The van der Waals surface area contributed by atoms with Crippen LogP contribution in [0.3, 0.4) is 0 Å². The highest BCUT2D eigenvalue weighted by molar-refractivity contribution is 5.98. The van der Waals surface area contributed by atoms with Crippen molar-refractivity contribution in [1.29, 1.82) is 0 Å². The highest BCUT2D eigenvalue weighted by atomic mass is 19.1. The summed E-state index contributed by atoms with van der Waals surface area (Å²) in [6.45, 7) is 4.33. The van der Waals surface area contributed by atoms with E-state index in [1.165, 1.54) is 18.6 Å². The van der Waals surface area contributed by atoms with Gasteiger partial charge in [-0.2, -0.15) is 0 Å². The van der Waals surface area contributed by atoms with E-state index in [-0.39, 0.29) is 47.5 Å². The number of aliphatic hydroxyl groups excluding tert-OH is 1. The molecular weight excluding hydrogens is 461 g/mol. The van der Waals surface area contributed by atoms with Crippen molar-refractivity contribution in [2.24, 2.45) is 11.8 Å². The molecule has 1 N–H and O–H groups in total. The van der Waals surface area contributed by atoms with Crippen LogP contribution in [-0.4, -0.2) is 70.6 Å². The quantitative estimate of drug-likeness (QED) is 0.649. The molecule has 2 amide bonds. The maximum absolute atomic E-state index is 13.8. The molecule has 36 heavy (non-hydrogen) atoms. The lowest BCUT2D eigenvalue weighted by Crippen LogP contribution is -2.51. The number of carbonyl (C=O) groups excluding carboxylic acids is 2. The van der Waals surface area contributed by atoms with Crippen LogP contribution in [0, 0.1) is 17.7 Å². The van der Waals surface area contributed by atoms with Gasteiger partial charge in [0.15, 0.2) is 0 Å². The molecular formula is C28H36FN3O4. The van der Waals surface area contributed by atoms with E-state index in [4.69, 9.17) is 4.74 Å². The summed E-state index contributed by atoms with van der Waals surface area (Å²) >= 11 is 0. The highest BCUT2D eigenvalue weighted by Gasteiger charge is 2.35. The largest absolute Gasteiger partial charge is 0.472 e. The third-order valence-electron chi connectivity index (χ3n) is 7.46. The topological polar surface area (TPSA) is 83.0 Å². The highest BCUT2D eigenvalue weighted by Crippen LogP contribution is 2.31. The summed E-state index contributed by atoms with van der Waals surface area (Å²) in [5.74, 6) is -0.405. The van der Waals surface area contributed by atoms with Crippen molar-refractivity contribution in [3.8, 4) is 17.0 Å². The minimum Gasteiger partial charge on any atom is -0.472 e. The second-order valence-corrected chi connectivity index (χ2v) is 10.3. The number of nitrogens with zero attached hydrogens (tertiary/aromatic N) is 3. The first-order chi connectivity index (χ1) is 17.3. The molecule has 1 aliphatic carbocycles. The molecule has 0 spiro atoms. The predicted molar refractivity (Wildman–Crippen MR) is 135 cm³/mol. The van der Waals surface area contributed by atoms with Crippen molar-refractivity contribution < 1.29 is 23.8 Å². The zero-order valence-electron chi connectivity index (χ0n) is 21.3. The molecule has 2 aromatic rings. The summed E-state index contributed by atoms with van der Waals surface area (Å²) < 4.78 is 20.2. The number of aromatic nitrogens is 1. The lowest BCUT2D eigenvalue weighted by atomic mass is 9.88. The second-order valence-electron chi connectivity index (χ2n) is 10.3. The van der Waals surface area contributed by atoms with Gasteiger partial charge in [0.05, 0.1) is 19.2 Å². The third kappa shape index (κ3) is 5.69. The Morgan fingerprint density at radius 1 is 1.25 bits per heavy atom. The number of pyridine rings is 1. The molecule has 2 heterocycles. The molecule has 0 unspecified atom stereocenters. The number of likely N-dealkylation sites (N-methyl/N-ethyl adjacent to an activating group) is 1. The standard InChI is InChI=1S/C28H36FN3O4/c1-18-15-32(19(2)17-33)28(35)24-13-22(21-10-7-11-23(29)12-21)14-30-26(24)36-25(18)16-31(3)27(34)20-8-5-4-6-9-20/h7,10-14,18-20,25,33H,4-6,8-9,15-17H2,1-3H3/t18-,19+,25+/m1/s1. The van der Waals surface area contributed by atoms with E-state index in [9.17, 15) is 19.1 Å². The van der Waals surface area contributed by atoms with Crippen LogP contribution >= 0.6 is 0 Å². The van der Waals surface area contributed by atoms with Crippen LogP contribution < -0.4 is 4.74 Å². The van der Waals surface area contributed by atoms with Gasteiger partial charge >= 0.3 is 0 Å². The third-order valence-corrected chi connectivity index (χ3v) is 7.46. The van der Waals surface area contributed by atoms with Gasteiger partial charge in [-0.05, 0) is 43.5 Å². The Morgan fingerprint density at radius 3 is 2.69 bits per heavy atom. The first kappa shape index (κ1) is 26.1. The normalized spacial score (nSPS) is 21.7. The van der Waals surface area contributed by atoms with Gasteiger partial charge in [0.2, 0.25) is 11.8 Å². The van der Waals surface area contributed by atoms with Crippen molar-refractivity contribution in [2.45, 2.75) is 58.1 Å². The van der Waals surface area contributed by atoms with E-state index < -0.39 is 12.1 Å². The second kappa shape index (κ2) is 11.4. The maximum atomic E-state index is 13.8. The summed E-state index contributed by atoms with van der Waals surface area (Å²) in [7, 11) is 1.81. The van der Waals surface area contributed by atoms with Crippen LogP contribution in [0.25, 0.3) is 11.1 Å². The van der Waals surface area contributed by atoms with Gasteiger partial charge in [-0.1, -0.05) is 38.3 Å². The van der Waals surface area contributed by atoms with E-state index in [1.54, 1.807) is 41.1 Å². The van der Waals surface area contributed by atoms with Gasteiger partial charge in [0.25, 0.3) is 5.91 Å². The van der Waals surface area contributed by atoms with Crippen LogP contribution in [0.15, 0.2) is 36.5 Å². The number of benzene rings is 1. The molecule has 0 bridgehead atoms. The van der Waals surface area contributed by atoms with Crippen molar-refractivity contribution in [3.63, 3.8) is 0 Å². The SMILES string of the molecule is C[C@@H]1CN([C@@H](C)CO)C(=O)c2cc(-c3cccc(F)c3)cnc2O[C@H]1CN(C)C(=O)C1CCCCC1. The van der Waals surface area contributed by atoms with E-state index in [0.717, 1.165) is 25.7 Å². The molecule has 8 heteroatoms. The number of carbonyl (C=O) groups is 2. The summed E-state index contributed by atoms with van der Waals surface area (Å²) in [6, 6.07) is 7.37. The summed E-state index contributed by atoms with van der Waals surface area (Å²) in [5.41, 5.74) is 1.46. The Kier molecular flexibility index (Phi) is 8.24. The minimum atomic E-state index is -0.411. The minimum absolute atomic E-state index is 0.0549. The zero-order valence-corrected chi connectivity index (χ0v) is 21.3. The smallest absolute Gasteiger partial charge is 0.259 e. The van der Waals surface area contributed by atoms with Gasteiger partial charge in [-0.15, -0.1) is 0 Å². The van der Waals surface area contributed by atoms with Gasteiger partial charge in [0, 0.05) is 37.2 Å². The van der Waals surface area contributed by atoms with Gasteiger partial charge in [0.1, 0.15) is 17.5 Å². The Labute approximate surface area is 212 Å². The van der Waals surface area contributed by atoms with Crippen LogP contribution in [0.5, 0.6) is 5.88 Å². The molecule has 2 aliphatic rings. The molecule has 0 saturated heterocycles. The number of ether oxygens (including phenoxy) is 1. The summed E-state index contributed by atoms with van der Waals surface area (Å²) in [6.07, 6.45) is 6.38. The van der Waals surface area contributed by atoms with Gasteiger partial charge < -0.3 is 19.6 Å². The van der Waals surface area contributed by atoms with Gasteiger partial charge in [-0.3, -0.25) is 9.59 Å². The first-order valence-electron chi connectivity index (χ1n) is 12.9. The molecule has 194 valence electrons. The number of amides is 2. The molecule has 7 nitrogen and oxygen atoms in total. The summed E-state index contributed by atoms with van der Waals surface area (Å²) in [4.78, 5) is 34.5. The lowest BCUT2D eigenvalue weighted by Gasteiger charge is -2.38. The molecule has 3 atom stereocenters. The fraction of sp³-hybridized carbons (Fsp3) is 0.536. The van der Waals surface area contributed by atoms with E-state index >= 15 is 0 Å². The molecule has 1 aromatic carbocycles. The molecule has 1 saturated carbocycles. The number of hydrogen-bond donors (Lipinski definition) is 1. The van der Waals surface area contributed by atoms with Crippen LogP contribution in [0.4, 0.5) is 4.39 Å². The number of aliphatic hydroxyl groups is 1. The Morgan fingerprint density at radius 2 is 2.00 bits per heavy atom. The fourth-order valence-electron chi connectivity index (χ4n) is 5.17. The molecule has 1 aliphatic heterocycles. The van der Waals surface area contributed by atoms with E-state index in [2.05, 4.69) is 4.98 Å². The van der Waals surface area contributed by atoms with E-state index in [0.29, 0.717) is 24.2 Å². The number of rotatable bonds is 6. The van der Waals surface area contributed by atoms with E-state index in [1.807, 2.05) is 14.0 Å². The first-order valence-corrected chi connectivity index (χ1v) is 12.9. The maximum Gasteiger partial charge on any atom is 0.259 e. The average molecular weight is 498 g/mol. The van der Waals surface area contributed by atoms with Gasteiger partial charge in [-0.25, -0.2) is 9.37 Å². The Bertz CT molecular complexity index is 1090. The average Bonchev–Trinajstić information content (AvgIpc) is 2.90. The Hall–Kier alpha value is -3.00. The fourth-order valence-corrected chi connectivity index (χ4v) is 5.17.